The van der Waals surface area contributed by atoms with Crippen molar-refractivity contribution in [2.75, 3.05) is 0 Å². The summed E-state index contributed by atoms with van der Waals surface area (Å²) in [4.78, 5) is 0. The van der Waals surface area contributed by atoms with Crippen LogP contribution in [0.4, 0.5) is 0 Å². The second-order valence-electron chi connectivity index (χ2n) is 5.65. The Morgan fingerprint density at radius 2 is 1.47 bits per heavy atom. The van der Waals surface area contributed by atoms with Crippen molar-refractivity contribution in [2.24, 2.45) is 0 Å². The fraction of sp³-hybridized carbons (Fsp3) is 0.647. The highest BCUT2D eigenvalue weighted by Gasteiger charge is 2.21. The highest BCUT2D eigenvalue weighted by Crippen LogP contribution is 2.28. The van der Waals surface area contributed by atoms with Crippen LogP contribution in [0.1, 0.15) is 70.8 Å². The van der Waals surface area contributed by atoms with Crippen LogP contribution in [-0.2, 0) is 5.60 Å². The molecule has 1 atom stereocenters. The van der Waals surface area contributed by atoms with Crippen molar-refractivity contribution in [1.82, 2.24) is 0 Å². The van der Waals surface area contributed by atoms with Crippen LogP contribution < -0.4 is 0 Å². The van der Waals surface area contributed by atoms with Crippen LogP contribution in [0.3, 0.4) is 0 Å². The summed E-state index contributed by atoms with van der Waals surface area (Å²) in [5, 5.41) is 10.5. The summed E-state index contributed by atoms with van der Waals surface area (Å²) in [7, 11) is 0. The van der Waals surface area contributed by atoms with Gasteiger partial charge in [0, 0.05) is 4.47 Å². The Kier molecular flexibility index (Phi) is 7.70. The Labute approximate surface area is 126 Å². The second kappa shape index (κ2) is 8.76. The Morgan fingerprint density at radius 1 is 0.947 bits per heavy atom. The number of hydrogen-bond donors (Lipinski definition) is 1. The zero-order valence-corrected chi connectivity index (χ0v) is 13.9. The molecular formula is C17H27BrO. The molecule has 1 N–H and O–H groups in total. The molecule has 1 nitrogen and oxygen atoms in total. The lowest BCUT2D eigenvalue weighted by Crippen LogP contribution is -2.20. The van der Waals surface area contributed by atoms with Crippen LogP contribution >= 0.6 is 15.9 Å². The summed E-state index contributed by atoms with van der Waals surface area (Å²) in [6.07, 6.45) is 9.85. The molecule has 0 radical (unpaired) electrons. The number of benzene rings is 1. The summed E-state index contributed by atoms with van der Waals surface area (Å²) >= 11 is 3.42. The predicted molar refractivity (Wildman–Crippen MR) is 86.3 cm³/mol. The van der Waals surface area contributed by atoms with Crippen molar-refractivity contribution in [3.05, 3.63) is 34.3 Å². The maximum Gasteiger partial charge on any atom is 0.0868 e. The van der Waals surface area contributed by atoms with Gasteiger partial charge in [-0.3, -0.25) is 0 Å². The van der Waals surface area contributed by atoms with Crippen LogP contribution in [0.15, 0.2) is 28.7 Å². The van der Waals surface area contributed by atoms with Crippen LogP contribution in [0.25, 0.3) is 0 Å². The number of hydrogen-bond acceptors (Lipinski definition) is 1. The van der Waals surface area contributed by atoms with Gasteiger partial charge in [-0.15, -0.1) is 0 Å². The Bertz CT molecular complexity index is 343. The zero-order chi connectivity index (χ0) is 14.1. The summed E-state index contributed by atoms with van der Waals surface area (Å²) in [5.74, 6) is 0. The molecular weight excluding hydrogens is 300 g/mol. The molecule has 0 saturated carbocycles. The van der Waals surface area contributed by atoms with E-state index in [1.807, 2.05) is 31.2 Å². The van der Waals surface area contributed by atoms with E-state index in [1.54, 1.807) is 0 Å². The maximum absolute atomic E-state index is 10.5. The highest BCUT2D eigenvalue weighted by atomic mass is 79.9. The van der Waals surface area contributed by atoms with E-state index in [0.717, 1.165) is 22.9 Å². The molecule has 0 bridgehead atoms. The van der Waals surface area contributed by atoms with E-state index in [4.69, 9.17) is 0 Å². The molecule has 0 spiro atoms. The summed E-state index contributed by atoms with van der Waals surface area (Å²) in [5.41, 5.74) is 0.325. The lowest BCUT2D eigenvalue weighted by atomic mass is 9.90. The van der Waals surface area contributed by atoms with E-state index in [0.29, 0.717) is 0 Å². The van der Waals surface area contributed by atoms with Gasteiger partial charge in [0.25, 0.3) is 0 Å². The van der Waals surface area contributed by atoms with Gasteiger partial charge in [-0.05, 0) is 31.0 Å². The van der Waals surface area contributed by atoms with Gasteiger partial charge >= 0.3 is 0 Å². The van der Waals surface area contributed by atoms with Crippen molar-refractivity contribution < 1.29 is 5.11 Å². The molecule has 0 aromatic heterocycles. The molecule has 0 heterocycles. The van der Waals surface area contributed by atoms with Crippen molar-refractivity contribution in [3.63, 3.8) is 0 Å². The number of halogens is 1. The minimum atomic E-state index is -0.690. The largest absolute Gasteiger partial charge is 0.385 e. The Morgan fingerprint density at radius 3 is 2.05 bits per heavy atom. The second-order valence-corrected chi connectivity index (χ2v) is 6.57. The van der Waals surface area contributed by atoms with Gasteiger partial charge in [0.15, 0.2) is 0 Å². The van der Waals surface area contributed by atoms with Crippen molar-refractivity contribution in [2.45, 2.75) is 70.8 Å². The Balaban J connectivity index is 2.25. The van der Waals surface area contributed by atoms with Crippen molar-refractivity contribution >= 4 is 15.9 Å². The van der Waals surface area contributed by atoms with E-state index < -0.39 is 5.60 Å². The first-order chi connectivity index (χ1) is 9.06. The minimum absolute atomic E-state index is 0.690. The first-order valence-electron chi connectivity index (χ1n) is 7.54. The van der Waals surface area contributed by atoms with Gasteiger partial charge in [-0.1, -0.05) is 79.9 Å². The van der Waals surface area contributed by atoms with Crippen molar-refractivity contribution in [1.29, 1.82) is 0 Å². The topological polar surface area (TPSA) is 20.2 Å². The van der Waals surface area contributed by atoms with E-state index in [-0.39, 0.29) is 0 Å². The van der Waals surface area contributed by atoms with Gasteiger partial charge in [0.1, 0.15) is 0 Å². The SMILES string of the molecule is CCCCCCCCCC(C)(O)c1ccc(Br)cc1. The summed E-state index contributed by atoms with van der Waals surface area (Å²) < 4.78 is 1.06. The molecule has 19 heavy (non-hydrogen) atoms. The van der Waals surface area contributed by atoms with Crippen molar-refractivity contribution in [3.8, 4) is 0 Å². The van der Waals surface area contributed by atoms with E-state index in [1.165, 1.54) is 38.5 Å². The zero-order valence-electron chi connectivity index (χ0n) is 12.3. The standard InChI is InChI=1S/C17H27BrO/c1-3-4-5-6-7-8-9-14-17(2,19)15-10-12-16(18)13-11-15/h10-13,19H,3-9,14H2,1-2H3. The molecule has 1 aromatic rings. The number of unbranched alkanes of at least 4 members (excludes halogenated alkanes) is 6. The third-order valence-corrected chi connectivity index (χ3v) is 4.26. The summed E-state index contributed by atoms with van der Waals surface area (Å²) in [6, 6.07) is 8.00. The fourth-order valence-corrected chi connectivity index (χ4v) is 2.64. The van der Waals surface area contributed by atoms with Crippen LogP contribution in [-0.4, -0.2) is 5.11 Å². The fourth-order valence-electron chi connectivity index (χ4n) is 2.38. The van der Waals surface area contributed by atoms with Crippen LogP contribution in [0.5, 0.6) is 0 Å². The van der Waals surface area contributed by atoms with Gasteiger partial charge in [-0.2, -0.15) is 0 Å². The van der Waals surface area contributed by atoms with E-state index >= 15 is 0 Å². The minimum Gasteiger partial charge on any atom is -0.385 e. The maximum atomic E-state index is 10.5. The van der Waals surface area contributed by atoms with E-state index in [9.17, 15) is 5.11 Å². The molecule has 0 aliphatic carbocycles. The molecule has 0 aliphatic heterocycles. The first kappa shape index (κ1) is 16.7. The Hall–Kier alpha value is -0.340. The molecule has 1 aromatic carbocycles. The molecule has 0 fully saturated rings. The van der Waals surface area contributed by atoms with Gasteiger partial charge in [0.2, 0.25) is 0 Å². The van der Waals surface area contributed by atoms with Crippen LogP contribution in [0.2, 0.25) is 0 Å². The molecule has 1 unspecified atom stereocenters. The first-order valence-corrected chi connectivity index (χ1v) is 8.34. The molecule has 2 heteroatoms. The highest BCUT2D eigenvalue weighted by molar-refractivity contribution is 9.10. The van der Waals surface area contributed by atoms with Gasteiger partial charge < -0.3 is 5.11 Å². The quantitative estimate of drug-likeness (QED) is 0.569. The average molecular weight is 327 g/mol. The summed E-state index contributed by atoms with van der Waals surface area (Å²) in [6.45, 7) is 4.17. The molecule has 1 rings (SSSR count). The van der Waals surface area contributed by atoms with Gasteiger partial charge in [0.05, 0.1) is 5.60 Å². The average Bonchev–Trinajstić information content (AvgIpc) is 2.38. The van der Waals surface area contributed by atoms with Crippen LogP contribution in [0, 0.1) is 0 Å². The molecule has 0 amide bonds. The monoisotopic (exact) mass is 326 g/mol. The predicted octanol–water partition coefficient (Wildman–Crippen LogP) is 5.80. The molecule has 0 aliphatic rings. The molecule has 0 saturated heterocycles. The smallest absolute Gasteiger partial charge is 0.0868 e. The van der Waals surface area contributed by atoms with Gasteiger partial charge in [-0.25, -0.2) is 0 Å². The normalized spacial score (nSPS) is 14.3. The lowest BCUT2D eigenvalue weighted by Gasteiger charge is -2.24. The lowest BCUT2D eigenvalue weighted by molar-refractivity contribution is 0.0448. The third-order valence-electron chi connectivity index (χ3n) is 3.73. The number of aliphatic hydroxyl groups is 1. The third kappa shape index (κ3) is 6.58. The molecule has 108 valence electrons. The van der Waals surface area contributed by atoms with E-state index in [2.05, 4.69) is 22.9 Å². The number of rotatable bonds is 9.